The molecule has 3 amide bonds. The van der Waals surface area contributed by atoms with Crippen molar-refractivity contribution in [3.8, 4) is 11.4 Å². The number of hydrogen-bond donors (Lipinski definition) is 2. The summed E-state index contributed by atoms with van der Waals surface area (Å²) in [7, 11) is 0. The molecular formula is C27H35N5O3. The van der Waals surface area contributed by atoms with Crippen molar-refractivity contribution in [1.82, 2.24) is 14.7 Å². The first-order valence-corrected chi connectivity index (χ1v) is 11.9. The average Bonchev–Trinajstić information content (AvgIpc) is 3.23. The van der Waals surface area contributed by atoms with Gasteiger partial charge in [-0.05, 0) is 57.2 Å². The predicted molar refractivity (Wildman–Crippen MR) is 140 cm³/mol. The van der Waals surface area contributed by atoms with Gasteiger partial charge in [0.2, 0.25) is 5.91 Å². The molecule has 8 nitrogen and oxygen atoms in total. The summed E-state index contributed by atoms with van der Waals surface area (Å²) in [6, 6.07) is 16.6. The number of aromatic nitrogens is 2. The van der Waals surface area contributed by atoms with Crippen molar-refractivity contribution >= 4 is 23.4 Å². The van der Waals surface area contributed by atoms with Crippen LogP contribution in [0.15, 0.2) is 54.6 Å². The third-order valence-electron chi connectivity index (χ3n) is 5.44. The molecule has 2 aromatic carbocycles. The maximum Gasteiger partial charge on any atom is 0.322 e. The maximum absolute atomic E-state index is 13.0. The van der Waals surface area contributed by atoms with Gasteiger partial charge in [-0.25, -0.2) is 9.48 Å². The number of nitrogens with one attached hydrogen (secondary N) is 2. The number of likely N-dealkylation sites (N-methyl/N-ethyl adjacent to an activating group) is 1. The van der Waals surface area contributed by atoms with Crippen molar-refractivity contribution in [2.24, 2.45) is 0 Å². The van der Waals surface area contributed by atoms with Gasteiger partial charge in [0, 0.05) is 23.7 Å². The number of ether oxygens (including phenoxy) is 1. The first-order valence-electron chi connectivity index (χ1n) is 11.9. The van der Waals surface area contributed by atoms with Crippen LogP contribution in [0.1, 0.15) is 45.9 Å². The molecule has 0 radical (unpaired) electrons. The van der Waals surface area contributed by atoms with Crippen molar-refractivity contribution in [2.75, 3.05) is 30.3 Å². The highest BCUT2D eigenvalue weighted by Gasteiger charge is 2.23. The van der Waals surface area contributed by atoms with Crippen LogP contribution >= 0.6 is 0 Å². The Morgan fingerprint density at radius 1 is 1.00 bits per heavy atom. The second kappa shape index (κ2) is 11.1. The Morgan fingerprint density at radius 3 is 2.23 bits per heavy atom. The largest absolute Gasteiger partial charge is 0.494 e. The van der Waals surface area contributed by atoms with E-state index in [4.69, 9.17) is 9.84 Å². The highest BCUT2D eigenvalue weighted by atomic mass is 16.5. The van der Waals surface area contributed by atoms with Gasteiger partial charge in [-0.15, -0.1) is 0 Å². The van der Waals surface area contributed by atoms with E-state index < -0.39 is 0 Å². The number of hydrogen-bond acceptors (Lipinski definition) is 4. The number of amides is 3. The van der Waals surface area contributed by atoms with Gasteiger partial charge in [0.05, 0.1) is 18.0 Å². The highest BCUT2D eigenvalue weighted by molar-refractivity contribution is 5.96. The van der Waals surface area contributed by atoms with E-state index in [0.717, 1.165) is 22.7 Å². The van der Waals surface area contributed by atoms with Crippen molar-refractivity contribution in [1.29, 1.82) is 0 Å². The Hall–Kier alpha value is -3.81. The van der Waals surface area contributed by atoms with Gasteiger partial charge >= 0.3 is 6.03 Å². The molecule has 0 fully saturated rings. The molecule has 0 aliphatic heterocycles. The van der Waals surface area contributed by atoms with E-state index in [0.29, 0.717) is 24.7 Å². The lowest BCUT2D eigenvalue weighted by Crippen LogP contribution is -2.40. The van der Waals surface area contributed by atoms with Crippen molar-refractivity contribution in [3.05, 3.63) is 65.9 Å². The molecule has 186 valence electrons. The lowest BCUT2D eigenvalue weighted by Gasteiger charge is -2.21. The summed E-state index contributed by atoms with van der Waals surface area (Å²) in [4.78, 5) is 27.2. The summed E-state index contributed by atoms with van der Waals surface area (Å²) in [6.45, 7) is 12.8. The summed E-state index contributed by atoms with van der Waals surface area (Å²) < 4.78 is 7.16. The third kappa shape index (κ3) is 6.85. The van der Waals surface area contributed by atoms with E-state index in [-0.39, 0.29) is 23.9 Å². The average molecular weight is 478 g/mol. The number of carbonyl (C=O) groups excluding carboxylic acids is 2. The van der Waals surface area contributed by atoms with Crippen LogP contribution in [-0.4, -0.2) is 46.3 Å². The zero-order valence-corrected chi connectivity index (χ0v) is 21.4. The Balaban J connectivity index is 1.72. The Kier molecular flexibility index (Phi) is 8.17. The molecule has 0 spiro atoms. The number of nitrogens with zero attached hydrogens (tertiary/aromatic N) is 3. The first-order chi connectivity index (χ1) is 16.6. The van der Waals surface area contributed by atoms with Gasteiger partial charge in [0.1, 0.15) is 18.1 Å². The minimum Gasteiger partial charge on any atom is -0.494 e. The zero-order chi connectivity index (χ0) is 25.6. The molecule has 0 atom stereocenters. The van der Waals surface area contributed by atoms with E-state index in [1.807, 2.05) is 51.1 Å². The molecule has 0 aliphatic carbocycles. The van der Waals surface area contributed by atoms with Crippen molar-refractivity contribution in [3.63, 3.8) is 0 Å². The molecule has 3 rings (SSSR count). The van der Waals surface area contributed by atoms with Gasteiger partial charge in [-0.2, -0.15) is 5.10 Å². The Labute approximate surface area is 207 Å². The summed E-state index contributed by atoms with van der Waals surface area (Å²) >= 11 is 0. The van der Waals surface area contributed by atoms with Crippen molar-refractivity contribution < 1.29 is 14.3 Å². The second-order valence-electron chi connectivity index (χ2n) is 9.36. The number of benzene rings is 2. The third-order valence-corrected chi connectivity index (χ3v) is 5.44. The van der Waals surface area contributed by atoms with E-state index >= 15 is 0 Å². The summed E-state index contributed by atoms with van der Waals surface area (Å²) in [6.07, 6.45) is 0. The lowest BCUT2D eigenvalue weighted by molar-refractivity contribution is -0.116. The van der Waals surface area contributed by atoms with E-state index in [9.17, 15) is 9.59 Å². The first kappa shape index (κ1) is 25.8. The van der Waals surface area contributed by atoms with E-state index in [2.05, 4.69) is 31.4 Å². The van der Waals surface area contributed by atoms with Gasteiger partial charge < -0.3 is 20.3 Å². The molecule has 0 bridgehead atoms. The van der Waals surface area contributed by atoms with Gasteiger partial charge in [-0.1, -0.05) is 38.5 Å². The minimum absolute atomic E-state index is 0.0940. The molecule has 1 heterocycles. The fourth-order valence-electron chi connectivity index (χ4n) is 3.41. The number of rotatable bonds is 8. The molecule has 8 heteroatoms. The van der Waals surface area contributed by atoms with Gasteiger partial charge in [0.25, 0.3) is 0 Å². The van der Waals surface area contributed by atoms with Crippen LogP contribution in [0.3, 0.4) is 0 Å². The summed E-state index contributed by atoms with van der Waals surface area (Å²) in [5, 5.41) is 10.5. The fourth-order valence-corrected chi connectivity index (χ4v) is 3.41. The highest BCUT2D eigenvalue weighted by Crippen LogP contribution is 2.26. The van der Waals surface area contributed by atoms with Gasteiger partial charge in [-0.3, -0.25) is 4.79 Å². The monoisotopic (exact) mass is 477 g/mol. The molecule has 0 aliphatic rings. The molecule has 2 N–H and O–H groups in total. The lowest BCUT2D eigenvalue weighted by atomic mass is 9.92. The Bertz CT molecular complexity index is 1150. The molecule has 0 unspecified atom stereocenters. The van der Waals surface area contributed by atoms with Gasteiger partial charge in [0.15, 0.2) is 0 Å². The van der Waals surface area contributed by atoms with Crippen molar-refractivity contribution in [2.45, 2.75) is 47.0 Å². The topological polar surface area (TPSA) is 88.5 Å². The second-order valence-corrected chi connectivity index (χ2v) is 9.36. The fraction of sp³-hybridized carbons (Fsp3) is 0.370. The number of carbonyl (C=O) groups is 2. The zero-order valence-electron chi connectivity index (χ0n) is 21.4. The van der Waals surface area contributed by atoms with Crippen LogP contribution in [0, 0.1) is 6.92 Å². The van der Waals surface area contributed by atoms with Crippen LogP contribution in [-0.2, 0) is 10.2 Å². The van der Waals surface area contributed by atoms with E-state index in [1.165, 1.54) is 4.90 Å². The predicted octanol–water partition coefficient (Wildman–Crippen LogP) is 5.37. The maximum atomic E-state index is 13.0. The summed E-state index contributed by atoms with van der Waals surface area (Å²) in [5.74, 6) is 0.992. The quantitative estimate of drug-likeness (QED) is 0.457. The summed E-state index contributed by atoms with van der Waals surface area (Å²) in [5.41, 5.74) is 3.28. The SMILES string of the molecule is CCOc1ccc(NC(=O)N(CC)CC(=O)Nc2cc(C(C)(C)C)nn2-c2ccc(C)cc2)cc1. The minimum atomic E-state index is -0.353. The molecule has 1 aromatic heterocycles. The number of anilines is 2. The smallest absolute Gasteiger partial charge is 0.322 e. The molecule has 3 aromatic rings. The normalized spacial score (nSPS) is 11.1. The van der Waals surface area contributed by atoms with Crippen LogP contribution in [0.25, 0.3) is 5.69 Å². The number of aryl methyl sites for hydroxylation is 1. The molecule has 0 saturated carbocycles. The van der Waals surface area contributed by atoms with Crippen LogP contribution < -0.4 is 15.4 Å². The number of urea groups is 1. The standard InChI is InChI=1S/C27H35N5O3/c1-7-31(26(34)28-20-11-15-22(16-12-20)35-8-2)18-25(33)29-24-17-23(27(4,5)6)30-32(24)21-13-9-19(3)10-14-21/h9-17H,7-8,18H2,1-6H3,(H,28,34)(H,29,33). The molecular weight excluding hydrogens is 442 g/mol. The Morgan fingerprint density at radius 2 is 1.66 bits per heavy atom. The van der Waals surface area contributed by atoms with Crippen LogP contribution in [0.2, 0.25) is 0 Å². The van der Waals surface area contributed by atoms with Crippen LogP contribution in [0.4, 0.5) is 16.3 Å². The molecule has 0 saturated heterocycles. The van der Waals surface area contributed by atoms with E-state index in [1.54, 1.807) is 28.9 Å². The van der Waals surface area contributed by atoms with Crippen LogP contribution in [0.5, 0.6) is 5.75 Å². The molecule has 35 heavy (non-hydrogen) atoms.